The van der Waals surface area contributed by atoms with Crippen LogP contribution < -0.4 is 5.32 Å². The summed E-state index contributed by atoms with van der Waals surface area (Å²) in [7, 11) is 4.11. The summed E-state index contributed by atoms with van der Waals surface area (Å²) >= 11 is 0. The number of rotatable bonds is 4. The lowest BCUT2D eigenvalue weighted by Crippen LogP contribution is -2.21. The third-order valence-corrected chi connectivity index (χ3v) is 3.68. The van der Waals surface area contributed by atoms with Crippen LogP contribution in [0.2, 0.25) is 0 Å². The van der Waals surface area contributed by atoms with Crippen molar-refractivity contribution in [3.8, 4) is 0 Å². The van der Waals surface area contributed by atoms with Crippen molar-refractivity contribution in [3.05, 3.63) is 18.0 Å². The molecule has 0 aromatic carbocycles. The van der Waals surface area contributed by atoms with Crippen molar-refractivity contribution in [1.29, 1.82) is 0 Å². The molecule has 1 aliphatic carbocycles. The predicted octanol–water partition coefficient (Wildman–Crippen LogP) is 1.74. The second kappa shape index (κ2) is 4.79. The van der Waals surface area contributed by atoms with Crippen LogP contribution in [0.3, 0.4) is 0 Å². The zero-order valence-electron chi connectivity index (χ0n) is 9.74. The summed E-state index contributed by atoms with van der Waals surface area (Å²) in [6, 6.07) is 2.89. The van der Waals surface area contributed by atoms with Gasteiger partial charge in [-0.3, -0.25) is 4.68 Å². The van der Waals surface area contributed by atoms with E-state index >= 15 is 0 Å². The van der Waals surface area contributed by atoms with Gasteiger partial charge in [-0.15, -0.1) is 0 Å². The molecule has 0 saturated heterocycles. The van der Waals surface area contributed by atoms with Gasteiger partial charge in [-0.2, -0.15) is 5.10 Å². The number of hydrogen-bond donors (Lipinski definition) is 1. The van der Waals surface area contributed by atoms with Crippen molar-refractivity contribution in [1.82, 2.24) is 15.1 Å². The zero-order chi connectivity index (χ0) is 10.7. The van der Waals surface area contributed by atoms with Gasteiger partial charge in [-0.1, -0.05) is 0 Å². The first kappa shape index (κ1) is 10.7. The molecule has 1 heterocycles. The van der Waals surface area contributed by atoms with Gasteiger partial charge in [0, 0.05) is 25.0 Å². The summed E-state index contributed by atoms with van der Waals surface area (Å²) in [5.41, 5.74) is 1.36. The van der Waals surface area contributed by atoms with E-state index in [9.17, 15) is 0 Å². The number of hydrogen-bond acceptors (Lipinski definition) is 2. The van der Waals surface area contributed by atoms with Gasteiger partial charge >= 0.3 is 0 Å². The first-order valence-electron chi connectivity index (χ1n) is 5.93. The van der Waals surface area contributed by atoms with Crippen molar-refractivity contribution < 1.29 is 0 Å². The van der Waals surface area contributed by atoms with E-state index in [1.807, 2.05) is 17.9 Å². The Balaban J connectivity index is 1.77. The molecule has 0 amide bonds. The van der Waals surface area contributed by atoms with Crippen LogP contribution in [-0.4, -0.2) is 22.9 Å². The van der Waals surface area contributed by atoms with E-state index < -0.39 is 0 Å². The molecule has 1 aliphatic rings. The largest absolute Gasteiger partial charge is 0.317 e. The molecule has 0 spiro atoms. The first-order valence-corrected chi connectivity index (χ1v) is 5.93. The van der Waals surface area contributed by atoms with E-state index in [1.165, 1.54) is 37.8 Å². The maximum atomic E-state index is 4.20. The Kier molecular flexibility index (Phi) is 3.41. The second-order valence-electron chi connectivity index (χ2n) is 4.65. The molecule has 0 radical (unpaired) electrons. The third-order valence-electron chi connectivity index (χ3n) is 3.68. The highest BCUT2D eigenvalue weighted by Gasteiger charge is 2.22. The van der Waals surface area contributed by atoms with Crippen LogP contribution in [0, 0.1) is 5.92 Å². The summed E-state index contributed by atoms with van der Waals surface area (Å²) in [4.78, 5) is 0. The number of nitrogens with one attached hydrogen (secondary N) is 1. The molecule has 84 valence electrons. The Morgan fingerprint density at radius 2 is 2.40 bits per heavy atom. The monoisotopic (exact) mass is 207 g/mol. The first-order chi connectivity index (χ1) is 7.29. The molecule has 2 rings (SSSR count). The Morgan fingerprint density at radius 1 is 1.53 bits per heavy atom. The van der Waals surface area contributed by atoms with E-state index in [0.717, 1.165) is 12.0 Å². The van der Waals surface area contributed by atoms with Crippen molar-refractivity contribution in [2.24, 2.45) is 13.0 Å². The average Bonchev–Trinajstić information content (AvgIpc) is 2.84. The predicted molar refractivity (Wildman–Crippen MR) is 61.7 cm³/mol. The Morgan fingerprint density at radius 3 is 3.00 bits per heavy atom. The minimum Gasteiger partial charge on any atom is -0.317 e. The van der Waals surface area contributed by atoms with Crippen LogP contribution in [0.25, 0.3) is 0 Å². The molecule has 15 heavy (non-hydrogen) atoms. The van der Waals surface area contributed by atoms with Crippen molar-refractivity contribution in [3.63, 3.8) is 0 Å². The molecule has 0 bridgehead atoms. The van der Waals surface area contributed by atoms with Crippen molar-refractivity contribution in [2.75, 3.05) is 7.05 Å². The minimum atomic E-state index is 0.765. The van der Waals surface area contributed by atoms with Crippen LogP contribution in [0.4, 0.5) is 0 Å². The van der Waals surface area contributed by atoms with Crippen LogP contribution in [0.5, 0.6) is 0 Å². The summed E-state index contributed by atoms with van der Waals surface area (Å²) in [5.74, 6) is 0.914. The lowest BCUT2D eigenvalue weighted by atomic mass is 10.0. The molecule has 2 atom stereocenters. The molecule has 3 nitrogen and oxygen atoms in total. The average molecular weight is 207 g/mol. The molecular formula is C12H21N3. The number of aromatic nitrogens is 2. The fourth-order valence-corrected chi connectivity index (χ4v) is 2.60. The number of aryl methyl sites for hydroxylation is 2. The van der Waals surface area contributed by atoms with Crippen molar-refractivity contribution >= 4 is 0 Å². The summed E-state index contributed by atoms with van der Waals surface area (Å²) < 4.78 is 1.99. The summed E-state index contributed by atoms with van der Waals surface area (Å²) in [6.45, 7) is 0. The van der Waals surface area contributed by atoms with Crippen LogP contribution in [-0.2, 0) is 13.5 Å². The SMILES string of the molecule is CNC1CCC(CCc2ccnn2C)C1. The fraction of sp³-hybridized carbons (Fsp3) is 0.750. The van der Waals surface area contributed by atoms with Gasteiger partial charge in [-0.25, -0.2) is 0 Å². The Hall–Kier alpha value is -0.830. The van der Waals surface area contributed by atoms with Gasteiger partial charge in [0.1, 0.15) is 0 Å². The maximum absolute atomic E-state index is 4.20. The lowest BCUT2D eigenvalue weighted by Gasteiger charge is -2.10. The van der Waals surface area contributed by atoms with E-state index in [2.05, 4.69) is 23.5 Å². The highest BCUT2D eigenvalue weighted by molar-refractivity contribution is 5.00. The topological polar surface area (TPSA) is 29.9 Å². The normalized spacial score (nSPS) is 26.0. The fourth-order valence-electron chi connectivity index (χ4n) is 2.60. The van der Waals surface area contributed by atoms with Gasteiger partial charge in [0.25, 0.3) is 0 Å². The third kappa shape index (κ3) is 2.59. The smallest absolute Gasteiger partial charge is 0.0492 e. The van der Waals surface area contributed by atoms with E-state index in [0.29, 0.717) is 0 Å². The van der Waals surface area contributed by atoms with Crippen molar-refractivity contribution in [2.45, 2.75) is 38.1 Å². The summed E-state index contributed by atoms with van der Waals surface area (Å²) in [5, 5.41) is 7.58. The van der Waals surface area contributed by atoms with Gasteiger partial charge in [0.05, 0.1) is 0 Å². The zero-order valence-corrected chi connectivity index (χ0v) is 9.74. The lowest BCUT2D eigenvalue weighted by molar-refractivity contribution is 0.472. The molecule has 1 aromatic rings. The van der Waals surface area contributed by atoms with E-state index in [1.54, 1.807) is 0 Å². The molecule has 1 saturated carbocycles. The van der Waals surface area contributed by atoms with E-state index in [-0.39, 0.29) is 0 Å². The highest BCUT2D eigenvalue weighted by Crippen LogP contribution is 2.28. The Labute approximate surface area is 91.9 Å². The molecule has 0 aliphatic heterocycles. The van der Waals surface area contributed by atoms with Gasteiger partial charge < -0.3 is 5.32 Å². The highest BCUT2D eigenvalue weighted by atomic mass is 15.2. The van der Waals surface area contributed by atoms with E-state index in [4.69, 9.17) is 0 Å². The van der Waals surface area contributed by atoms with Gasteiger partial charge in [-0.05, 0) is 51.1 Å². The van der Waals surface area contributed by atoms with Crippen LogP contribution in [0.1, 0.15) is 31.4 Å². The van der Waals surface area contributed by atoms with Gasteiger partial charge in [0.2, 0.25) is 0 Å². The molecule has 2 unspecified atom stereocenters. The van der Waals surface area contributed by atoms with Gasteiger partial charge in [0.15, 0.2) is 0 Å². The standard InChI is InChI=1S/C12H21N3/c1-13-11-5-3-10(9-11)4-6-12-7-8-14-15(12)2/h7-8,10-11,13H,3-6,9H2,1-2H3. The molecule has 1 fully saturated rings. The number of nitrogens with zero attached hydrogens (tertiary/aromatic N) is 2. The molecular weight excluding hydrogens is 186 g/mol. The maximum Gasteiger partial charge on any atom is 0.0492 e. The van der Waals surface area contributed by atoms with Crippen LogP contribution in [0.15, 0.2) is 12.3 Å². The van der Waals surface area contributed by atoms with Crippen LogP contribution >= 0.6 is 0 Å². The summed E-state index contributed by atoms with van der Waals surface area (Å²) in [6.07, 6.45) is 8.49. The quantitative estimate of drug-likeness (QED) is 0.815. The minimum absolute atomic E-state index is 0.765. The molecule has 1 N–H and O–H groups in total. The molecule has 1 aromatic heterocycles. The second-order valence-corrected chi connectivity index (χ2v) is 4.65. The Bertz CT molecular complexity index is 306. The molecule has 3 heteroatoms.